The molecule has 0 spiro atoms. The topological polar surface area (TPSA) is 54.0 Å². The van der Waals surface area contributed by atoms with E-state index in [1.54, 1.807) is 18.3 Å². The molecule has 0 bridgehead atoms. The zero-order valence-electron chi connectivity index (χ0n) is 15.2. The number of nitrogens with one attached hydrogen (secondary N) is 2. The van der Waals surface area contributed by atoms with Crippen molar-refractivity contribution >= 4 is 23.3 Å². The minimum absolute atomic E-state index is 0.112. The summed E-state index contributed by atoms with van der Waals surface area (Å²) in [5.74, 6) is 0.569. The number of nitrogens with zero attached hydrogens (tertiary/aromatic N) is 1. The molecule has 2 aromatic carbocycles. The minimum atomic E-state index is -0.112. The summed E-state index contributed by atoms with van der Waals surface area (Å²) in [5.41, 5.74) is 4.02. The van der Waals surface area contributed by atoms with Crippen LogP contribution in [0, 0.1) is 6.92 Å². The van der Waals surface area contributed by atoms with Crippen LogP contribution >= 0.6 is 11.6 Å². The molecule has 0 aliphatic rings. The fourth-order valence-corrected chi connectivity index (χ4v) is 2.99. The molecule has 138 valence electrons. The molecule has 0 aliphatic carbocycles. The summed E-state index contributed by atoms with van der Waals surface area (Å²) < 4.78 is 0. The Kier molecular flexibility index (Phi) is 6.44. The third-order valence-corrected chi connectivity index (χ3v) is 4.57. The highest BCUT2D eigenvalue weighted by Crippen LogP contribution is 2.12. The van der Waals surface area contributed by atoms with Crippen LogP contribution < -0.4 is 10.6 Å². The van der Waals surface area contributed by atoms with E-state index < -0.39 is 0 Å². The Labute approximate surface area is 164 Å². The minimum Gasteiger partial charge on any atom is -0.370 e. The number of aromatic nitrogens is 1. The average Bonchev–Trinajstić information content (AvgIpc) is 2.67. The van der Waals surface area contributed by atoms with E-state index in [4.69, 9.17) is 11.6 Å². The van der Waals surface area contributed by atoms with E-state index >= 15 is 0 Å². The Morgan fingerprint density at radius 3 is 2.74 bits per heavy atom. The van der Waals surface area contributed by atoms with Gasteiger partial charge >= 0.3 is 0 Å². The van der Waals surface area contributed by atoms with Gasteiger partial charge in [0.05, 0.1) is 0 Å². The highest BCUT2D eigenvalue weighted by Gasteiger charge is 2.07. The summed E-state index contributed by atoms with van der Waals surface area (Å²) in [6.07, 6.45) is 2.47. The number of carbonyl (C=O) groups excluding carboxylic acids is 1. The Hall–Kier alpha value is -2.85. The number of halogens is 1. The molecule has 0 atom stereocenters. The zero-order valence-corrected chi connectivity index (χ0v) is 16.0. The van der Waals surface area contributed by atoms with Gasteiger partial charge in [-0.1, -0.05) is 48.0 Å². The van der Waals surface area contributed by atoms with Crippen LogP contribution in [0.4, 0.5) is 5.82 Å². The third kappa shape index (κ3) is 5.56. The molecular weight excluding hydrogens is 358 g/mol. The molecule has 1 amide bonds. The molecule has 1 aromatic heterocycles. The van der Waals surface area contributed by atoms with E-state index in [9.17, 15) is 4.79 Å². The van der Waals surface area contributed by atoms with Crippen molar-refractivity contribution in [2.24, 2.45) is 0 Å². The van der Waals surface area contributed by atoms with Crippen molar-refractivity contribution in [2.45, 2.75) is 19.9 Å². The van der Waals surface area contributed by atoms with E-state index in [1.165, 1.54) is 0 Å². The monoisotopic (exact) mass is 379 g/mol. The van der Waals surface area contributed by atoms with Crippen LogP contribution in [0.2, 0.25) is 5.02 Å². The second kappa shape index (κ2) is 9.19. The van der Waals surface area contributed by atoms with Gasteiger partial charge in [0.1, 0.15) is 5.82 Å². The van der Waals surface area contributed by atoms with Gasteiger partial charge in [0, 0.05) is 29.9 Å². The first-order valence-electron chi connectivity index (χ1n) is 8.89. The Balaban J connectivity index is 1.54. The van der Waals surface area contributed by atoms with Crippen LogP contribution in [0.15, 0.2) is 66.9 Å². The smallest absolute Gasteiger partial charge is 0.251 e. The molecule has 0 saturated carbocycles. The number of pyridine rings is 1. The van der Waals surface area contributed by atoms with Gasteiger partial charge in [-0.15, -0.1) is 0 Å². The van der Waals surface area contributed by atoms with Gasteiger partial charge in [0.15, 0.2) is 0 Å². The number of benzene rings is 2. The summed E-state index contributed by atoms with van der Waals surface area (Å²) >= 11 is 6.00. The van der Waals surface area contributed by atoms with E-state index in [0.717, 1.165) is 28.1 Å². The Morgan fingerprint density at radius 1 is 1.07 bits per heavy atom. The number of hydrogen-bond donors (Lipinski definition) is 2. The molecule has 0 fully saturated rings. The van der Waals surface area contributed by atoms with E-state index in [0.29, 0.717) is 24.5 Å². The quantitative estimate of drug-likeness (QED) is 0.629. The lowest BCUT2D eigenvalue weighted by Gasteiger charge is -2.10. The van der Waals surface area contributed by atoms with Crippen LogP contribution in [-0.4, -0.2) is 17.4 Å². The molecule has 27 heavy (non-hydrogen) atoms. The second-order valence-corrected chi connectivity index (χ2v) is 6.78. The van der Waals surface area contributed by atoms with Gasteiger partial charge in [0.2, 0.25) is 0 Å². The van der Waals surface area contributed by atoms with Crippen molar-refractivity contribution in [1.82, 2.24) is 10.3 Å². The fourth-order valence-electron chi connectivity index (χ4n) is 2.78. The summed E-state index contributed by atoms with van der Waals surface area (Å²) in [4.78, 5) is 16.7. The van der Waals surface area contributed by atoms with E-state index in [2.05, 4.69) is 15.6 Å². The standard InChI is InChI=1S/C22H22ClN3O/c1-16-5-2-3-7-19(16)15-26-22(27)18-10-12-25-21(14-18)24-11-9-17-6-4-8-20(23)13-17/h2-8,10,12-14H,9,11,15H2,1H3,(H,24,25)(H,26,27). The SMILES string of the molecule is Cc1ccccc1CNC(=O)c1ccnc(NCCc2cccc(Cl)c2)c1. The van der Waals surface area contributed by atoms with Gasteiger partial charge in [-0.05, 0) is 54.3 Å². The molecule has 3 aromatic rings. The predicted molar refractivity (Wildman–Crippen MR) is 110 cm³/mol. The van der Waals surface area contributed by atoms with Crippen LogP contribution in [-0.2, 0) is 13.0 Å². The molecule has 0 radical (unpaired) electrons. The van der Waals surface area contributed by atoms with Gasteiger partial charge < -0.3 is 10.6 Å². The highest BCUT2D eigenvalue weighted by molar-refractivity contribution is 6.30. The first-order valence-corrected chi connectivity index (χ1v) is 9.27. The lowest BCUT2D eigenvalue weighted by atomic mass is 10.1. The summed E-state index contributed by atoms with van der Waals surface area (Å²) in [6.45, 7) is 3.25. The van der Waals surface area contributed by atoms with Gasteiger partial charge in [-0.25, -0.2) is 4.98 Å². The zero-order chi connectivity index (χ0) is 19.1. The summed E-state index contributed by atoms with van der Waals surface area (Å²) in [7, 11) is 0. The van der Waals surface area contributed by atoms with Crippen molar-refractivity contribution < 1.29 is 4.79 Å². The summed E-state index contributed by atoms with van der Waals surface area (Å²) in [6, 6.07) is 19.3. The lowest BCUT2D eigenvalue weighted by Crippen LogP contribution is -2.23. The molecule has 1 heterocycles. The maximum absolute atomic E-state index is 12.4. The summed E-state index contributed by atoms with van der Waals surface area (Å²) in [5, 5.41) is 6.95. The lowest BCUT2D eigenvalue weighted by molar-refractivity contribution is 0.0951. The maximum atomic E-state index is 12.4. The largest absolute Gasteiger partial charge is 0.370 e. The van der Waals surface area contributed by atoms with Crippen LogP contribution in [0.3, 0.4) is 0 Å². The van der Waals surface area contributed by atoms with Gasteiger partial charge in [0.25, 0.3) is 5.91 Å². The fraction of sp³-hybridized carbons (Fsp3) is 0.182. The van der Waals surface area contributed by atoms with E-state index in [-0.39, 0.29) is 5.91 Å². The predicted octanol–water partition coefficient (Wildman–Crippen LogP) is 4.63. The number of anilines is 1. The van der Waals surface area contributed by atoms with Crippen LogP contribution in [0.25, 0.3) is 0 Å². The van der Waals surface area contributed by atoms with Gasteiger partial charge in [-0.3, -0.25) is 4.79 Å². The van der Waals surface area contributed by atoms with Crippen molar-refractivity contribution in [1.29, 1.82) is 0 Å². The van der Waals surface area contributed by atoms with Crippen LogP contribution in [0.5, 0.6) is 0 Å². The second-order valence-electron chi connectivity index (χ2n) is 6.35. The molecule has 3 rings (SSSR count). The normalized spacial score (nSPS) is 10.4. The molecule has 0 saturated heterocycles. The van der Waals surface area contributed by atoms with Crippen molar-refractivity contribution in [3.05, 3.63) is 94.1 Å². The molecule has 0 aliphatic heterocycles. The van der Waals surface area contributed by atoms with Crippen LogP contribution in [0.1, 0.15) is 27.0 Å². The molecule has 5 heteroatoms. The van der Waals surface area contributed by atoms with Crippen molar-refractivity contribution in [3.8, 4) is 0 Å². The molecule has 4 nitrogen and oxygen atoms in total. The number of hydrogen-bond acceptors (Lipinski definition) is 3. The average molecular weight is 380 g/mol. The number of carbonyl (C=O) groups is 1. The molecule has 0 unspecified atom stereocenters. The Morgan fingerprint density at radius 2 is 1.93 bits per heavy atom. The van der Waals surface area contributed by atoms with E-state index in [1.807, 2.05) is 55.5 Å². The Bertz CT molecular complexity index is 927. The first-order chi connectivity index (χ1) is 13.1. The highest BCUT2D eigenvalue weighted by atomic mass is 35.5. The molecular formula is C22H22ClN3O. The third-order valence-electron chi connectivity index (χ3n) is 4.33. The van der Waals surface area contributed by atoms with Crippen molar-refractivity contribution in [2.75, 3.05) is 11.9 Å². The number of amides is 1. The van der Waals surface area contributed by atoms with Gasteiger partial charge in [-0.2, -0.15) is 0 Å². The van der Waals surface area contributed by atoms with Crippen molar-refractivity contribution in [3.63, 3.8) is 0 Å². The number of aryl methyl sites for hydroxylation is 1. The maximum Gasteiger partial charge on any atom is 0.251 e. The molecule has 2 N–H and O–H groups in total. The first kappa shape index (κ1) is 18.9. The number of rotatable bonds is 7.